The summed E-state index contributed by atoms with van der Waals surface area (Å²) >= 11 is 0. The van der Waals surface area contributed by atoms with E-state index in [1.165, 1.54) is 120 Å². The topological polar surface area (TPSA) is 9.86 Å². The maximum Gasteiger partial charge on any atom is 0.0547 e. The lowest BCUT2D eigenvalue weighted by atomic mass is 9.84. The first-order chi connectivity index (χ1) is 32.8. The predicted octanol–water partition coefficient (Wildman–Crippen LogP) is 17.5. The third-order valence-electron chi connectivity index (χ3n) is 14.1. The van der Waals surface area contributed by atoms with Gasteiger partial charge < -0.3 is 9.13 Å². The highest BCUT2D eigenvalue weighted by atomic mass is 15.0. The number of para-hydroxylation sites is 4. The molecule has 2 aromatic heterocycles. The van der Waals surface area contributed by atoms with Gasteiger partial charge in [0.2, 0.25) is 0 Å². The van der Waals surface area contributed by atoms with Crippen LogP contribution in [0.15, 0.2) is 243 Å². The molecule has 0 atom stereocenters. The second-order valence-corrected chi connectivity index (χ2v) is 17.5. The quantitative estimate of drug-likeness (QED) is 0.153. The molecule has 0 unspecified atom stereocenters. The van der Waals surface area contributed by atoms with Crippen molar-refractivity contribution in [3.8, 4) is 44.8 Å². The Labute approximate surface area is 381 Å². The maximum atomic E-state index is 2.50. The predicted molar refractivity (Wildman–Crippen MR) is 281 cm³/mol. The molecule has 2 nitrogen and oxygen atoms in total. The van der Waals surface area contributed by atoms with E-state index in [4.69, 9.17) is 0 Å². The van der Waals surface area contributed by atoms with Crippen molar-refractivity contribution in [2.45, 2.75) is 0 Å². The van der Waals surface area contributed by atoms with E-state index >= 15 is 0 Å². The van der Waals surface area contributed by atoms with E-state index in [0.29, 0.717) is 0 Å². The van der Waals surface area contributed by atoms with Crippen molar-refractivity contribution in [2.24, 2.45) is 0 Å². The van der Waals surface area contributed by atoms with Gasteiger partial charge in [0.25, 0.3) is 0 Å². The summed E-state index contributed by atoms with van der Waals surface area (Å²) in [4.78, 5) is 0. The van der Waals surface area contributed by atoms with Gasteiger partial charge in [0.1, 0.15) is 0 Å². The summed E-state index contributed by atoms with van der Waals surface area (Å²) in [5, 5.41) is 15.0. The number of hydrogen-bond acceptors (Lipinski definition) is 0. The molecule has 14 rings (SSSR count). The van der Waals surface area contributed by atoms with E-state index in [1.54, 1.807) is 0 Å². The normalized spacial score (nSPS) is 11.9. The van der Waals surface area contributed by atoms with Crippen molar-refractivity contribution in [1.82, 2.24) is 9.13 Å². The number of aromatic nitrogens is 2. The van der Waals surface area contributed by atoms with Crippen LogP contribution >= 0.6 is 0 Å². The van der Waals surface area contributed by atoms with E-state index in [9.17, 15) is 0 Å². The van der Waals surface area contributed by atoms with Crippen LogP contribution in [0.4, 0.5) is 0 Å². The summed E-state index contributed by atoms with van der Waals surface area (Å²) < 4.78 is 4.85. The van der Waals surface area contributed by atoms with E-state index in [2.05, 4.69) is 252 Å². The molecule has 0 spiro atoms. The van der Waals surface area contributed by atoms with Crippen LogP contribution in [0.2, 0.25) is 0 Å². The number of nitrogens with zero attached hydrogens (tertiary/aromatic N) is 2. The highest BCUT2D eigenvalue weighted by Gasteiger charge is 2.22. The highest BCUT2D eigenvalue weighted by molar-refractivity contribution is 6.29. The van der Waals surface area contributed by atoms with Gasteiger partial charge in [-0.2, -0.15) is 0 Å². The highest BCUT2D eigenvalue weighted by Crippen LogP contribution is 2.48. The summed E-state index contributed by atoms with van der Waals surface area (Å²) in [6.45, 7) is 0. The summed E-state index contributed by atoms with van der Waals surface area (Å²) in [7, 11) is 0. The number of hydrogen-bond donors (Lipinski definition) is 0. The summed E-state index contributed by atoms with van der Waals surface area (Å²) in [6.07, 6.45) is 0. The Hall–Kier alpha value is -8.72. The molecule has 0 bridgehead atoms. The molecule has 0 fully saturated rings. The minimum absolute atomic E-state index is 1.16. The molecule has 0 N–H and O–H groups in total. The Kier molecular flexibility index (Phi) is 8.02. The lowest BCUT2D eigenvalue weighted by Crippen LogP contribution is -1.93. The lowest BCUT2D eigenvalue weighted by molar-refractivity contribution is 1.18. The Bertz CT molecular complexity index is 4000. The smallest absolute Gasteiger partial charge is 0.0547 e. The Morgan fingerprint density at radius 2 is 0.621 bits per heavy atom. The molecule has 66 heavy (non-hydrogen) atoms. The lowest BCUT2D eigenvalue weighted by Gasteiger charge is -2.19. The average Bonchev–Trinajstić information content (AvgIpc) is 3.91. The third kappa shape index (κ3) is 5.30. The van der Waals surface area contributed by atoms with Gasteiger partial charge in [0, 0.05) is 32.9 Å². The fourth-order valence-corrected chi connectivity index (χ4v) is 11.4. The van der Waals surface area contributed by atoms with E-state index < -0.39 is 0 Å². The van der Waals surface area contributed by atoms with E-state index in [-0.39, 0.29) is 0 Å². The molecule has 0 saturated heterocycles. The zero-order valence-electron chi connectivity index (χ0n) is 36.0. The van der Waals surface area contributed by atoms with Gasteiger partial charge in [-0.25, -0.2) is 0 Å². The molecular formula is C64H40N2. The summed E-state index contributed by atoms with van der Waals surface area (Å²) in [5.74, 6) is 0. The third-order valence-corrected chi connectivity index (χ3v) is 14.1. The van der Waals surface area contributed by atoms with Crippen LogP contribution in [-0.2, 0) is 0 Å². The minimum atomic E-state index is 1.16. The average molecular weight is 837 g/mol. The molecule has 0 saturated carbocycles. The van der Waals surface area contributed by atoms with Crippen LogP contribution < -0.4 is 0 Å². The molecule has 0 aliphatic rings. The summed E-state index contributed by atoms with van der Waals surface area (Å²) in [6, 6.07) is 89.6. The standard InChI is InChI=1S/C64H40N2/c1-4-18-41(19-5-1)60-50-32-16-28-46(48-30-14-20-42-36-38-58-63(61(42)48)52-26-10-12-34-56(52)65(58)44-22-6-2-7-23-44)54(50)40-55-47(29-17-33-51(55)60)49-31-15-21-43-37-39-59-64(62(43)49)53-27-11-13-35-57(53)66(59)45-24-8-3-9-25-45/h1-40H. The summed E-state index contributed by atoms with van der Waals surface area (Å²) in [5.41, 5.74) is 14.5. The van der Waals surface area contributed by atoms with Crippen molar-refractivity contribution >= 4 is 86.7 Å². The van der Waals surface area contributed by atoms with E-state index in [1.807, 2.05) is 0 Å². The largest absolute Gasteiger partial charge is 0.309 e. The van der Waals surface area contributed by atoms with Crippen LogP contribution in [0.3, 0.4) is 0 Å². The second kappa shape index (κ2) is 14.4. The molecule has 12 aromatic carbocycles. The van der Waals surface area contributed by atoms with Gasteiger partial charge in [0.15, 0.2) is 0 Å². The van der Waals surface area contributed by atoms with Crippen LogP contribution in [-0.4, -0.2) is 9.13 Å². The number of rotatable bonds is 5. The fraction of sp³-hybridized carbons (Fsp3) is 0. The van der Waals surface area contributed by atoms with Crippen LogP contribution in [0.25, 0.3) is 131 Å². The maximum absolute atomic E-state index is 2.50. The van der Waals surface area contributed by atoms with E-state index in [0.717, 1.165) is 11.4 Å². The molecule has 0 aliphatic heterocycles. The van der Waals surface area contributed by atoms with Gasteiger partial charge in [0.05, 0.1) is 22.1 Å². The van der Waals surface area contributed by atoms with Crippen molar-refractivity contribution < 1.29 is 0 Å². The van der Waals surface area contributed by atoms with Crippen LogP contribution in [0.5, 0.6) is 0 Å². The first-order valence-electron chi connectivity index (χ1n) is 22.9. The molecule has 2 heterocycles. The number of fused-ring (bicyclic) bond motifs is 12. The first-order valence-corrected chi connectivity index (χ1v) is 22.9. The Morgan fingerprint density at radius 1 is 0.227 bits per heavy atom. The molecule has 0 aliphatic carbocycles. The van der Waals surface area contributed by atoms with Crippen molar-refractivity contribution in [3.63, 3.8) is 0 Å². The van der Waals surface area contributed by atoms with Gasteiger partial charge >= 0.3 is 0 Å². The molecular weight excluding hydrogens is 797 g/mol. The van der Waals surface area contributed by atoms with Gasteiger partial charge in [-0.1, -0.05) is 188 Å². The monoisotopic (exact) mass is 836 g/mol. The first kappa shape index (κ1) is 36.7. The SMILES string of the molecule is c1ccc(-c2c3cccc(-c4cccc5ccc6c(c7ccccc7n6-c6ccccc6)c45)c3cc3c(-c4cccc5ccc6c(c7ccccc7n6-c6ccccc6)c45)cccc23)cc1. The van der Waals surface area contributed by atoms with Crippen molar-refractivity contribution in [3.05, 3.63) is 243 Å². The zero-order valence-corrected chi connectivity index (χ0v) is 36.0. The van der Waals surface area contributed by atoms with Gasteiger partial charge in [-0.15, -0.1) is 0 Å². The number of benzene rings is 12. The molecule has 2 heteroatoms. The molecule has 0 radical (unpaired) electrons. The minimum Gasteiger partial charge on any atom is -0.309 e. The Balaban J connectivity index is 1.11. The van der Waals surface area contributed by atoms with Crippen LogP contribution in [0, 0.1) is 0 Å². The van der Waals surface area contributed by atoms with Crippen molar-refractivity contribution in [2.75, 3.05) is 0 Å². The Morgan fingerprint density at radius 3 is 1.11 bits per heavy atom. The van der Waals surface area contributed by atoms with Gasteiger partial charge in [-0.3, -0.25) is 0 Å². The molecule has 0 amide bonds. The molecule has 14 aromatic rings. The second-order valence-electron chi connectivity index (χ2n) is 17.5. The fourth-order valence-electron chi connectivity index (χ4n) is 11.4. The van der Waals surface area contributed by atoms with Crippen LogP contribution in [0.1, 0.15) is 0 Å². The van der Waals surface area contributed by atoms with Gasteiger partial charge in [-0.05, 0) is 131 Å². The zero-order chi connectivity index (χ0) is 43.3. The van der Waals surface area contributed by atoms with Crippen molar-refractivity contribution in [1.29, 1.82) is 0 Å². The molecule has 306 valence electrons.